The number of aryl methyl sites for hydroxylation is 2. The molecule has 0 heterocycles. The van der Waals surface area contributed by atoms with Crippen molar-refractivity contribution in [3.05, 3.63) is 64.5 Å². The topological polar surface area (TPSA) is 66.4 Å². The Morgan fingerprint density at radius 1 is 1.12 bits per heavy atom. The van der Waals surface area contributed by atoms with Crippen molar-refractivity contribution in [2.24, 2.45) is 5.41 Å². The minimum atomic E-state index is -0.995. The zero-order valence-electron chi connectivity index (χ0n) is 14.8. The van der Waals surface area contributed by atoms with Crippen LogP contribution in [0, 0.1) is 25.1 Å². The van der Waals surface area contributed by atoms with Crippen molar-refractivity contribution >= 4 is 17.6 Å². The minimum Gasteiger partial charge on any atom is -0.481 e. The largest absolute Gasteiger partial charge is 0.481 e. The van der Waals surface area contributed by atoms with Crippen molar-refractivity contribution in [2.45, 2.75) is 34.1 Å². The van der Waals surface area contributed by atoms with Crippen LogP contribution in [0.15, 0.2) is 36.4 Å². The predicted octanol–water partition coefficient (Wildman–Crippen LogP) is 4.35. The van der Waals surface area contributed by atoms with Crippen LogP contribution in [0.2, 0.25) is 0 Å². The summed E-state index contributed by atoms with van der Waals surface area (Å²) in [6, 6.07) is 9.24. The van der Waals surface area contributed by atoms with Gasteiger partial charge in [-0.3, -0.25) is 9.59 Å². The zero-order valence-corrected chi connectivity index (χ0v) is 14.8. The fraction of sp³-hybridized carbons (Fsp3) is 0.300. The standard InChI is InChI=1S/C20H22FNO3/c1-12-9-13(2)17(14(10-12)11-20(3,4)19(24)25)18(23)22-16-7-5-15(21)6-8-16/h5-10H,11H2,1-4H3,(H,22,23)(H,24,25). The summed E-state index contributed by atoms with van der Waals surface area (Å²) in [5.41, 5.74) is 2.37. The number of carboxylic acid groups (broad SMARTS) is 1. The quantitative estimate of drug-likeness (QED) is 0.848. The molecule has 2 aromatic rings. The molecular formula is C20H22FNO3. The van der Waals surface area contributed by atoms with Gasteiger partial charge in [0, 0.05) is 11.3 Å². The lowest BCUT2D eigenvalue weighted by molar-refractivity contribution is -0.146. The van der Waals surface area contributed by atoms with Crippen LogP contribution in [0.5, 0.6) is 0 Å². The summed E-state index contributed by atoms with van der Waals surface area (Å²) in [5.74, 6) is -1.63. The molecule has 0 atom stereocenters. The van der Waals surface area contributed by atoms with Gasteiger partial charge in [0.15, 0.2) is 0 Å². The molecule has 5 heteroatoms. The average molecular weight is 343 g/mol. The summed E-state index contributed by atoms with van der Waals surface area (Å²) in [6.07, 6.45) is 0.233. The van der Waals surface area contributed by atoms with Crippen LogP contribution in [0.25, 0.3) is 0 Å². The average Bonchev–Trinajstić information content (AvgIpc) is 2.48. The number of nitrogens with one attached hydrogen (secondary N) is 1. The molecule has 0 unspecified atom stereocenters. The predicted molar refractivity (Wildman–Crippen MR) is 95.4 cm³/mol. The van der Waals surface area contributed by atoms with Gasteiger partial charge in [-0.2, -0.15) is 0 Å². The van der Waals surface area contributed by atoms with Gasteiger partial charge in [-0.15, -0.1) is 0 Å². The molecule has 0 fully saturated rings. The summed E-state index contributed by atoms with van der Waals surface area (Å²) >= 11 is 0. The molecule has 0 radical (unpaired) electrons. The van der Waals surface area contributed by atoms with Gasteiger partial charge in [0.1, 0.15) is 5.82 Å². The van der Waals surface area contributed by atoms with Gasteiger partial charge in [0.05, 0.1) is 5.41 Å². The van der Waals surface area contributed by atoms with Crippen molar-refractivity contribution in [3.8, 4) is 0 Å². The Labute approximate surface area is 146 Å². The van der Waals surface area contributed by atoms with Gasteiger partial charge >= 0.3 is 5.97 Å². The SMILES string of the molecule is Cc1cc(C)c(C(=O)Nc2ccc(F)cc2)c(CC(C)(C)C(=O)O)c1. The van der Waals surface area contributed by atoms with Crippen molar-refractivity contribution < 1.29 is 19.1 Å². The highest BCUT2D eigenvalue weighted by Crippen LogP contribution is 2.27. The van der Waals surface area contributed by atoms with E-state index in [9.17, 15) is 19.1 Å². The van der Waals surface area contributed by atoms with Crippen LogP contribution in [-0.4, -0.2) is 17.0 Å². The second kappa shape index (κ2) is 7.05. The van der Waals surface area contributed by atoms with Gasteiger partial charge in [-0.25, -0.2) is 4.39 Å². The Morgan fingerprint density at radius 3 is 2.28 bits per heavy atom. The van der Waals surface area contributed by atoms with Crippen LogP contribution >= 0.6 is 0 Å². The van der Waals surface area contributed by atoms with E-state index in [1.165, 1.54) is 24.3 Å². The highest BCUT2D eigenvalue weighted by Gasteiger charge is 2.30. The summed E-state index contributed by atoms with van der Waals surface area (Å²) in [5, 5.41) is 12.1. The summed E-state index contributed by atoms with van der Waals surface area (Å²) < 4.78 is 13.0. The lowest BCUT2D eigenvalue weighted by Crippen LogP contribution is -2.28. The van der Waals surface area contributed by atoms with E-state index in [0.717, 1.165) is 11.1 Å². The molecule has 0 aliphatic heterocycles. The Hall–Kier alpha value is -2.69. The van der Waals surface area contributed by atoms with Gasteiger partial charge in [-0.1, -0.05) is 17.7 Å². The monoisotopic (exact) mass is 343 g/mol. The zero-order chi connectivity index (χ0) is 18.8. The third-order valence-electron chi connectivity index (χ3n) is 4.10. The van der Waals surface area contributed by atoms with E-state index < -0.39 is 11.4 Å². The summed E-state index contributed by atoms with van der Waals surface area (Å²) in [7, 11) is 0. The van der Waals surface area contributed by atoms with Crippen LogP contribution in [-0.2, 0) is 11.2 Å². The Kier molecular flexibility index (Phi) is 5.26. The fourth-order valence-electron chi connectivity index (χ4n) is 2.80. The first-order valence-electron chi connectivity index (χ1n) is 8.00. The molecule has 25 heavy (non-hydrogen) atoms. The lowest BCUT2D eigenvalue weighted by Gasteiger charge is -2.22. The van der Waals surface area contributed by atoms with E-state index in [-0.39, 0.29) is 18.1 Å². The first kappa shape index (κ1) is 18.6. The number of carboxylic acids is 1. The number of hydrogen-bond donors (Lipinski definition) is 2. The molecule has 0 saturated heterocycles. The van der Waals surface area contributed by atoms with Crippen molar-refractivity contribution in [1.82, 2.24) is 0 Å². The summed E-state index contributed by atoms with van der Waals surface area (Å²) in [6.45, 7) is 7.00. The lowest BCUT2D eigenvalue weighted by atomic mass is 9.82. The Morgan fingerprint density at radius 2 is 1.72 bits per heavy atom. The maximum absolute atomic E-state index is 13.0. The number of carbonyl (C=O) groups is 2. The molecule has 2 aromatic carbocycles. The molecule has 132 valence electrons. The second-order valence-electron chi connectivity index (χ2n) is 6.94. The number of aliphatic carboxylic acids is 1. The first-order valence-corrected chi connectivity index (χ1v) is 8.00. The number of benzene rings is 2. The van der Waals surface area contributed by atoms with E-state index in [4.69, 9.17) is 0 Å². The number of halogens is 1. The second-order valence-corrected chi connectivity index (χ2v) is 6.94. The molecule has 0 aliphatic carbocycles. The van der Waals surface area contributed by atoms with E-state index in [1.54, 1.807) is 13.8 Å². The number of amides is 1. The fourth-order valence-corrected chi connectivity index (χ4v) is 2.80. The molecule has 0 saturated carbocycles. The van der Waals surface area contributed by atoms with Crippen molar-refractivity contribution in [2.75, 3.05) is 5.32 Å². The molecule has 0 aromatic heterocycles. The maximum atomic E-state index is 13.0. The number of rotatable bonds is 5. The van der Waals surface area contributed by atoms with Gasteiger partial charge < -0.3 is 10.4 Å². The summed E-state index contributed by atoms with van der Waals surface area (Å²) in [4.78, 5) is 24.2. The number of anilines is 1. The molecule has 0 spiro atoms. The van der Waals surface area contributed by atoms with Crippen LogP contribution in [0.4, 0.5) is 10.1 Å². The van der Waals surface area contributed by atoms with E-state index >= 15 is 0 Å². The van der Waals surface area contributed by atoms with Gasteiger partial charge in [0.25, 0.3) is 5.91 Å². The molecule has 2 rings (SSSR count). The third kappa shape index (κ3) is 4.44. The minimum absolute atomic E-state index is 0.233. The molecule has 4 nitrogen and oxygen atoms in total. The highest BCUT2D eigenvalue weighted by molar-refractivity contribution is 6.06. The molecule has 1 amide bonds. The maximum Gasteiger partial charge on any atom is 0.309 e. The van der Waals surface area contributed by atoms with E-state index in [1.807, 2.05) is 26.0 Å². The van der Waals surface area contributed by atoms with Crippen LogP contribution < -0.4 is 5.32 Å². The van der Waals surface area contributed by atoms with E-state index in [0.29, 0.717) is 16.8 Å². The smallest absolute Gasteiger partial charge is 0.309 e. The third-order valence-corrected chi connectivity index (χ3v) is 4.10. The number of carbonyl (C=O) groups excluding carboxylic acids is 1. The molecular weight excluding hydrogens is 321 g/mol. The molecule has 0 aliphatic rings. The van der Waals surface area contributed by atoms with Crippen molar-refractivity contribution in [1.29, 1.82) is 0 Å². The molecule has 2 N–H and O–H groups in total. The Balaban J connectivity index is 2.40. The normalized spacial score (nSPS) is 11.2. The molecule has 0 bridgehead atoms. The van der Waals surface area contributed by atoms with Crippen LogP contribution in [0.3, 0.4) is 0 Å². The Bertz CT molecular complexity index is 810. The van der Waals surface area contributed by atoms with Gasteiger partial charge in [0.2, 0.25) is 0 Å². The van der Waals surface area contributed by atoms with Gasteiger partial charge in [-0.05, 0) is 69.5 Å². The first-order chi connectivity index (χ1) is 11.6. The number of hydrogen-bond acceptors (Lipinski definition) is 2. The van der Waals surface area contributed by atoms with Crippen molar-refractivity contribution in [3.63, 3.8) is 0 Å². The van der Waals surface area contributed by atoms with Crippen LogP contribution in [0.1, 0.15) is 40.9 Å². The highest BCUT2D eigenvalue weighted by atomic mass is 19.1. The van der Waals surface area contributed by atoms with E-state index in [2.05, 4.69) is 5.32 Å².